The van der Waals surface area contributed by atoms with E-state index in [1.807, 2.05) is 60.7 Å². The molecule has 2 atom stereocenters. The molecule has 2 aromatic rings. The summed E-state index contributed by atoms with van der Waals surface area (Å²) in [5.41, 5.74) is 2.45. The molecular weight excluding hydrogens is 448 g/mol. The predicted molar refractivity (Wildman–Crippen MR) is 129 cm³/mol. The zero-order valence-corrected chi connectivity index (χ0v) is 19.6. The van der Waals surface area contributed by atoms with Crippen LogP contribution in [0.15, 0.2) is 84.0 Å². The van der Waals surface area contributed by atoms with Crippen LogP contribution in [0.4, 0.5) is 0 Å². The Hall–Kier alpha value is -2.94. The number of fused-ring (bicyclic) bond motifs is 2. The number of hydrogen-bond donors (Lipinski definition) is 0. The van der Waals surface area contributed by atoms with Gasteiger partial charge in [0, 0.05) is 11.1 Å². The Morgan fingerprint density at radius 2 is 1.00 bits per heavy atom. The molecule has 2 bridgehead atoms. The van der Waals surface area contributed by atoms with Gasteiger partial charge in [-0.05, 0) is 23.3 Å². The Balaban J connectivity index is 1.49. The first-order valence-corrected chi connectivity index (χ1v) is 11.8. The number of ether oxygens (including phenoxy) is 5. The zero-order chi connectivity index (χ0) is 24.3. The Morgan fingerprint density at radius 1 is 0.571 bits per heavy atom. The lowest BCUT2D eigenvalue weighted by molar-refractivity contribution is -0.117. The van der Waals surface area contributed by atoms with Crippen molar-refractivity contribution in [1.82, 2.24) is 0 Å². The van der Waals surface area contributed by atoms with E-state index in [0.29, 0.717) is 50.8 Å². The van der Waals surface area contributed by atoms with Crippen molar-refractivity contribution >= 4 is 11.6 Å². The lowest BCUT2D eigenvalue weighted by Gasteiger charge is -2.22. The molecule has 4 rings (SSSR count). The summed E-state index contributed by atoms with van der Waals surface area (Å²) in [4.78, 5) is 25.5. The average Bonchev–Trinajstić information content (AvgIpc) is 2.89. The summed E-state index contributed by atoms with van der Waals surface area (Å²) in [5.74, 6) is -0.507. The van der Waals surface area contributed by atoms with Gasteiger partial charge in [0.15, 0.2) is 11.6 Å². The summed E-state index contributed by atoms with van der Waals surface area (Å²) in [6.07, 6.45) is 1.88. The van der Waals surface area contributed by atoms with Gasteiger partial charge >= 0.3 is 0 Å². The number of rotatable bonds is 2. The Morgan fingerprint density at radius 3 is 1.46 bits per heavy atom. The minimum Gasteiger partial charge on any atom is -0.377 e. The fraction of sp³-hybridized carbons (Fsp3) is 0.357. The summed E-state index contributed by atoms with van der Waals surface area (Å²) in [6.45, 7) is 2.23. The van der Waals surface area contributed by atoms with Crippen molar-refractivity contribution in [3.63, 3.8) is 0 Å². The molecule has 1 aliphatic carbocycles. The molecule has 7 nitrogen and oxygen atoms in total. The van der Waals surface area contributed by atoms with Gasteiger partial charge in [-0.2, -0.15) is 0 Å². The molecule has 1 fully saturated rings. The van der Waals surface area contributed by atoms with Crippen LogP contribution in [0.2, 0.25) is 0 Å². The summed E-state index contributed by atoms with van der Waals surface area (Å²) in [7, 11) is 0. The number of allylic oxidation sites excluding steroid dienone is 2. The van der Waals surface area contributed by atoms with E-state index in [4.69, 9.17) is 23.7 Å². The van der Waals surface area contributed by atoms with Gasteiger partial charge in [-0.15, -0.1) is 0 Å². The highest BCUT2D eigenvalue weighted by molar-refractivity contribution is 6.20. The molecular formula is C28H30O7. The molecule has 0 spiro atoms. The van der Waals surface area contributed by atoms with Crippen molar-refractivity contribution in [2.45, 2.75) is 12.2 Å². The van der Waals surface area contributed by atoms with E-state index >= 15 is 0 Å². The van der Waals surface area contributed by atoms with Crippen molar-refractivity contribution in [2.75, 3.05) is 52.9 Å². The van der Waals surface area contributed by atoms with Gasteiger partial charge in [-0.3, -0.25) is 9.59 Å². The minimum atomic E-state index is -0.393. The fourth-order valence-corrected chi connectivity index (χ4v) is 3.85. The largest absolute Gasteiger partial charge is 0.377 e. The van der Waals surface area contributed by atoms with Crippen LogP contribution in [0.25, 0.3) is 0 Å². The van der Waals surface area contributed by atoms with Gasteiger partial charge in [0.25, 0.3) is 0 Å². The second-order valence-corrected chi connectivity index (χ2v) is 8.25. The Bertz CT molecular complexity index is 950. The van der Waals surface area contributed by atoms with Crippen LogP contribution < -0.4 is 0 Å². The first-order valence-electron chi connectivity index (χ1n) is 11.8. The third-order valence-corrected chi connectivity index (χ3v) is 5.72. The molecule has 1 saturated heterocycles. The standard InChI is InChI=1S/C28H30O7/c29-25-15-23-17-34-26(21-7-3-1-4-8-21)19-32-13-11-31-12-14-33-20-27(22-9-5-2-6-10-22)35-18-24(16-25)28(23)30/h1-10,15-16,26-27H,11-14,17-20H2/t26-,27-/m1/s1. The summed E-state index contributed by atoms with van der Waals surface area (Å²) in [6, 6.07) is 19.3. The molecule has 2 aromatic carbocycles. The van der Waals surface area contributed by atoms with E-state index < -0.39 is 12.2 Å². The molecule has 0 aromatic heterocycles. The molecule has 184 valence electrons. The second kappa shape index (κ2) is 13.2. The molecule has 0 radical (unpaired) electrons. The molecule has 0 N–H and O–H groups in total. The quantitative estimate of drug-likeness (QED) is 0.611. The molecule has 2 aliphatic rings. The SMILES string of the molecule is O=C1C=C2CO[C@@H](c3ccccc3)COCCOCCOC[C@H](c3ccccc3)OCC(=C1)C2=O. The molecule has 0 amide bonds. The maximum atomic E-state index is 13.1. The highest BCUT2D eigenvalue weighted by Gasteiger charge is 2.25. The minimum absolute atomic E-state index is 0.00738. The predicted octanol–water partition coefficient (Wildman–Crippen LogP) is 3.57. The topological polar surface area (TPSA) is 80.3 Å². The van der Waals surface area contributed by atoms with Gasteiger partial charge in [-0.25, -0.2) is 0 Å². The van der Waals surface area contributed by atoms with Crippen LogP contribution in [0.1, 0.15) is 23.3 Å². The number of carbonyl (C=O) groups excluding carboxylic acids is 2. The number of Topliss-reactive ketones (excluding diaryl/α,β-unsaturated/α-hetero) is 1. The third kappa shape index (κ3) is 7.52. The van der Waals surface area contributed by atoms with Gasteiger partial charge in [-0.1, -0.05) is 60.7 Å². The Labute approximate surface area is 205 Å². The highest BCUT2D eigenvalue weighted by Crippen LogP contribution is 2.23. The maximum absolute atomic E-state index is 13.1. The molecule has 7 heteroatoms. The Kier molecular flexibility index (Phi) is 9.51. The van der Waals surface area contributed by atoms with Gasteiger partial charge in [0.1, 0.15) is 12.2 Å². The lowest BCUT2D eigenvalue weighted by Crippen LogP contribution is -2.24. The summed E-state index contributed by atoms with van der Waals surface area (Å²) in [5, 5.41) is 0. The number of ketones is 2. The van der Waals surface area contributed by atoms with Crippen molar-refractivity contribution in [3.8, 4) is 0 Å². The van der Waals surface area contributed by atoms with Crippen LogP contribution in [0.3, 0.4) is 0 Å². The smallest absolute Gasteiger partial charge is 0.189 e. The van der Waals surface area contributed by atoms with Crippen LogP contribution >= 0.6 is 0 Å². The van der Waals surface area contributed by atoms with Gasteiger partial charge < -0.3 is 23.7 Å². The van der Waals surface area contributed by atoms with Crippen molar-refractivity contribution in [3.05, 3.63) is 95.1 Å². The zero-order valence-electron chi connectivity index (χ0n) is 19.6. The van der Waals surface area contributed by atoms with Gasteiger partial charge in [0.2, 0.25) is 0 Å². The van der Waals surface area contributed by atoms with E-state index in [-0.39, 0.29) is 24.8 Å². The molecule has 35 heavy (non-hydrogen) atoms. The van der Waals surface area contributed by atoms with Crippen molar-refractivity contribution in [2.24, 2.45) is 0 Å². The van der Waals surface area contributed by atoms with Crippen LogP contribution in [-0.4, -0.2) is 64.4 Å². The molecule has 1 heterocycles. The normalized spacial score (nSPS) is 23.5. The summed E-state index contributed by atoms with van der Waals surface area (Å²) < 4.78 is 29.3. The lowest BCUT2D eigenvalue weighted by atomic mass is 9.96. The van der Waals surface area contributed by atoms with E-state index in [1.54, 1.807) is 0 Å². The van der Waals surface area contributed by atoms with Crippen LogP contribution in [0, 0.1) is 0 Å². The third-order valence-electron chi connectivity index (χ3n) is 5.72. The van der Waals surface area contributed by atoms with E-state index in [1.165, 1.54) is 12.2 Å². The van der Waals surface area contributed by atoms with E-state index in [0.717, 1.165) is 11.1 Å². The first-order chi connectivity index (χ1) is 17.2. The average molecular weight is 479 g/mol. The molecule has 0 saturated carbocycles. The number of benzene rings is 2. The highest BCUT2D eigenvalue weighted by atomic mass is 16.6. The summed E-state index contributed by atoms with van der Waals surface area (Å²) >= 11 is 0. The number of hydrogen-bond acceptors (Lipinski definition) is 7. The monoisotopic (exact) mass is 478 g/mol. The van der Waals surface area contributed by atoms with Gasteiger partial charge in [0.05, 0.1) is 52.9 Å². The fourth-order valence-electron chi connectivity index (χ4n) is 3.85. The number of carbonyl (C=O) groups is 2. The van der Waals surface area contributed by atoms with Crippen molar-refractivity contribution < 1.29 is 33.3 Å². The van der Waals surface area contributed by atoms with E-state index in [9.17, 15) is 9.59 Å². The first kappa shape index (κ1) is 25.2. The second-order valence-electron chi connectivity index (χ2n) is 8.25. The molecule has 0 unspecified atom stereocenters. The van der Waals surface area contributed by atoms with Crippen molar-refractivity contribution in [1.29, 1.82) is 0 Å². The maximum Gasteiger partial charge on any atom is 0.189 e. The van der Waals surface area contributed by atoms with Crippen LogP contribution in [0.5, 0.6) is 0 Å². The molecule has 1 aliphatic heterocycles. The van der Waals surface area contributed by atoms with Crippen LogP contribution in [-0.2, 0) is 33.3 Å². The van der Waals surface area contributed by atoms with E-state index in [2.05, 4.69) is 0 Å².